The van der Waals surface area contributed by atoms with Crippen LogP contribution in [0.5, 0.6) is 0 Å². The fourth-order valence-electron chi connectivity index (χ4n) is 3.32. The van der Waals surface area contributed by atoms with E-state index >= 15 is 0 Å². The SMILES string of the molecule is CC(C)(C)C1CCCC(NCC2COCCO2)CC1. The Morgan fingerprint density at radius 1 is 1.05 bits per heavy atom. The Kier molecular flexibility index (Phi) is 5.67. The largest absolute Gasteiger partial charge is 0.376 e. The van der Waals surface area contributed by atoms with Crippen LogP contribution in [0.25, 0.3) is 0 Å². The summed E-state index contributed by atoms with van der Waals surface area (Å²) in [7, 11) is 0. The van der Waals surface area contributed by atoms with Crippen LogP contribution in [0.3, 0.4) is 0 Å². The molecule has 1 heterocycles. The Morgan fingerprint density at radius 2 is 1.89 bits per heavy atom. The Labute approximate surface area is 118 Å². The van der Waals surface area contributed by atoms with Gasteiger partial charge in [-0.2, -0.15) is 0 Å². The molecule has 0 bridgehead atoms. The predicted molar refractivity (Wildman–Crippen MR) is 78.4 cm³/mol. The van der Waals surface area contributed by atoms with Gasteiger partial charge in [-0.25, -0.2) is 0 Å². The van der Waals surface area contributed by atoms with Crippen LogP contribution in [0.1, 0.15) is 52.9 Å². The van der Waals surface area contributed by atoms with Gasteiger partial charge >= 0.3 is 0 Å². The molecule has 2 rings (SSSR count). The van der Waals surface area contributed by atoms with E-state index in [1.165, 1.54) is 32.1 Å². The topological polar surface area (TPSA) is 30.5 Å². The summed E-state index contributed by atoms with van der Waals surface area (Å²) in [5.74, 6) is 0.883. The van der Waals surface area contributed by atoms with Gasteiger partial charge in [-0.05, 0) is 37.0 Å². The van der Waals surface area contributed by atoms with Crippen molar-refractivity contribution in [2.45, 2.75) is 65.0 Å². The molecule has 1 saturated heterocycles. The van der Waals surface area contributed by atoms with Crippen molar-refractivity contribution in [3.05, 3.63) is 0 Å². The molecule has 0 aromatic carbocycles. The van der Waals surface area contributed by atoms with Crippen LogP contribution >= 0.6 is 0 Å². The summed E-state index contributed by atoms with van der Waals surface area (Å²) in [5.41, 5.74) is 0.467. The summed E-state index contributed by atoms with van der Waals surface area (Å²) < 4.78 is 11.1. The van der Waals surface area contributed by atoms with Crippen molar-refractivity contribution in [2.24, 2.45) is 11.3 Å². The van der Waals surface area contributed by atoms with Gasteiger partial charge in [0.1, 0.15) is 0 Å². The van der Waals surface area contributed by atoms with E-state index < -0.39 is 0 Å². The summed E-state index contributed by atoms with van der Waals surface area (Å²) >= 11 is 0. The minimum atomic E-state index is 0.260. The Bertz CT molecular complexity index is 256. The maximum Gasteiger partial charge on any atom is 0.0933 e. The molecule has 2 fully saturated rings. The van der Waals surface area contributed by atoms with Gasteiger partial charge in [0.2, 0.25) is 0 Å². The van der Waals surface area contributed by atoms with Crippen LogP contribution in [-0.2, 0) is 9.47 Å². The predicted octanol–water partition coefficient (Wildman–Crippen LogP) is 2.99. The van der Waals surface area contributed by atoms with Crippen LogP contribution in [0, 0.1) is 11.3 Å². The van der Waals surface area contributed by atoms with Gasteiger partial charge in [-0.3, -0.25) is 0 Å². The smallest absolute Gasteiger partial charge is 0.0933 e. The Morgan fingerprint density at radius 3 is 2.58 bits per heavy atom. The highest BCUT2D eigenvalue weighted by Gasteiger charge is 2.28. The maximum absolute atomic E-state index is 5.69. The quantitative estimate of drug-likeness (QED) is 0.799. The molecule has 19 heavy (non-hydrogen) atoms. The van der Waals surface area contributed by atoms with Crippen molar-refractivity contribution in [1.82, 2.24) is 5.32 Å². The van der Waals surface area contributed by atoms with Crippen LogP contribution in [-0.4, -0.2) is 38.5 Å². The van der Waals surface area contributed by atoms with E-state index in [1.54, 1.807) is 0 Å². The molecule has 1 N–H and O–H groups in total. The van der Waals surface area contributed by atoms with E-state index in [2.05, 4.69) is 26.1 Å². The van der Waals surface area contributed by atoms with Gasteiger partial charge in [0, 0.05) is 12.6 Å². The minimum Gasteiger partial charge on any atom is -0.376 e. The average molecular weight is 269 g/mol. The molecule has 2 aliphatic rings. The molecular weight excluding hydrogens is 238 g/mol. The number of nitrogens with one attached hydrogen (secondary N) is 1. The summed E-state index contributed by atoms with van der Waals surface area (Å²) in [5, 5.41) is 3.70. The van der Waals surface area contributed by atoms with E-state index in [1.807, 2.05) is 0 Å². The second-order valence-electron chi connectivity index (χ2n) is 7.24. The van der Waals surface area contributed by atoms with E-state index in [0.717, 1.165) is 32.3 Å². The fraction of sp³-hybridized carbons (Fsp3) is 1.00. The number of ether oxygens (including phenoxy) is 2. The van der Waals surface area contributed by atoms with Gasteiger partial charge < -0.3 is 14.8 Å². The maximum atomic E-state index is 5.69. The van der Waals surface area contributed by atoms with Crippen LogP contribution in [0.15, 0.2) is 0 Å². The van der Waals surface area contributed by atoms with Gasteiger partial charge in [-0.1, -0.05) is 27.2 Å². The summed E-state index contributed by atoms with van der Waals surface area (Å²) in [6.45, 7) is 10.4. The van der Waals surface area contributed by atoms with Crippen molar-refractivity contribution in [3.8, 4) is 0 Å². The number of rotatable bonds is 3. The highest BCUT2D eigenvalue weighted by atomic mass is 16.6. The molecule has 3 atom stereocenters. The third kappa shape index (κ3) is 5.05. The second kappa shape index (κ2) is 7.05. The summed E-state index contributed by atoms with van der Waals surface area (Å²) in [6, 6.07) is 0.679. The van der Waals surface area contributed by atoms with Crippen LogP contribution < -0.4 is 5.32 Å². The molecule has 3 nitrogen and oxygen atoms in total. The fourth-order valence-corrected chi connectivity index (χ4v) is 3.32. The molecule has 1 aliphatic carbocycles. The third-order valence-electron chi connectivity index (χ3n) is 4.71. The molecule has 0 spiro atoms. The zero-order valence-electron chi connectivity index (χ0n) is 12.9. The summed E-state index contributed by atoms with van der Waals surface area (Å²) in [6.07, 6.45) is 7.01. The van der Waals surface area contributed by atoms with Gasteiger partial charge in [-0.15, -0.1) is 0 Å². The van der Waals surface area contributed by atoms with Crippen LogP contribution in [0.4, 0.5) is 0 Å². The normalized spacial score (nSPS) is 33.9. The van der Waals surface area contributed by atoms with E-state index in [4.69, 9.17) is 9.47 Å². The molecule has 1 aliphatic heterocycles. The lowest BCUT2D eigenvalue weighted by Crippen LogP contribution is -2.41. The monoisotopic (exact) mass is 269 g/mol. The zero-order chi connectivity index (χ0) is 13.7. The van der Waals surface area contributed by atoms with Gasteiger partial charge in [0.05, 0.1) is 25.9 Å². The van der Waals surface area contributed by atoms with Crippen LogP contribution in [0.2, 0.25) is 0 Å². The first kappa shape index (κ1) is 15.3. The van der Waals surface area contributed by atoms with E-state index in [0.29, 0.717) is 11.5 Å². The molecule has 0 aromatic rings. The van der Waals surface area contributed by atoms with E-state index in [-0.39, 0.29) is 6.10 Å². The molecular formula is C16H31NO2. The lowest BCUT2D eigenvalue weighted by Gasteiger charge is -2.30. The Balaban J connectivity index is 1.70. The first-order valence-corrected chi connectivity index (χ1v) is 7.98. The minimum absolute atomic E-state index is 0.260. The van der Waals surface area contributed by atoms with Crippen molar-refractivity contribution in [1.29, 1.82) is 0 Å². The molecule has 3 heteroatoms. The van der Waals surface area contributed by atoms with Crippen molar-refractivity contribution < 1.29 is 9.47 Å². The molecule has 0 aromatic heterocycles. The molecule has 0 radical (unpaired) electrons. The van der Waals surface area contributed by atoms with Gasteiger partial charge in [0.25, 0.3) is 0 Å². The highest BCUT2D eigenvalue weighted by Crippen LogP contribution is 2.36. The first-order valence-electron chi connectivity index (χ1n) is 7.98. The summed E-state index contributed by atoms with van der Waals surface area (Å²) in [4.78, 5) is 0. The Hall–Kier alpha value is -0.120. The van der Waals surface area contributed by atoms with E-state index in [9.17, 15) is 0 Å². The molecule has 112 valence electrons. The zero-order valence-corrected chi connectivity index (χ0v) is 12.9. The number of hydrogen-bond acceptors (Lipinski definition) is 3. The lowest BCUT2D eigenvalue weighted by atomic mass is 9.76. The third-order valence-corrected chi connectivity index (χ3v) is 4.71. The van der Waals surface area contributed by atoms with Crippen molar-refractivity contribution in [2.75, 3.05) is 26.4 Å². The van der Waals surface area contributed by atoms with Crippen molar-refractivity contribution in [3.63, 3.8) is 0 Å². The standard InChI is InChI=1S/C16H31NO2/c1-16(2,3)13-5-4-6-14(8-7-13)17-11-15-12-18-9-10-19-15/h13-15,17H,4-12H2,1-3H3. The van der Waals surface area contributed by atoms with Crippen molar-refractivity contribution >= 4 is 0 Å². The van der Waals surface area contributed by atoms with Gasteiger partial charge in [0.15, 0.2) is 0 Å². The lowest BCUT2D eigenvalue weighted by molar-refractivity contribution is -0.0871. The second-order valence-corrected chi connectivity index (χ2v) is 7.24. The number of hydrogen-bond donors (Lipinski definition) is 1. The first-order chi connectivity index (χ1) is 9.05. The highest BCUT2D eigenvalue weighted by molar-refractivity contribution is 4.81. The average Bonchev–Trinajstić information content (AvgIpc) is 2.62. The molecule has 3 unspecified atom stereocenters. The molecule has 0 amide bonds. The molecule has 1 saturated carbocycles.